The molecular formula is C34H43ClN4O3. The molecule has 3 aromatic carbocycles. The van der Waals surface area contributed by atoms with Crippen LogP contribution in [0.15, 0.2) is 66.7 Å². The van der Waals surface area contributed by atoms with Crippen LogP contribution < -0.4 is 10.6 Å². The Morgan fingerprint density at radius 3 is 2.48 bits per heavy atom. The van der Waals surface area contributed by atoms with Crippen LogP contribution in [0.5, 0.6) is 0 Å². The molecule has 4 rings (SSSR count). The van der Waals surface area contributed by atoms with Crippen molar-refractivity contribution in [1.82, 2.24) is 20.4 Å². The number of fused-ring (bicyclic) bond motifs is 1. The Hall–Kier alpha value is -3.42. The van der Waals surface area contributed by atoms with Gasteiger partial charge in [0.05, 0.1) is 6.04 Å². The summed E-state index contributed by atoms with van der Waals surface area (Å²) in [4.78, 5) is 43.0. The summed E-state index contributed by atoms with van der Waals surface area (Å²) in [7, 11) is 0. The highest BCUT2D eigenvalue weighted by Gasteiger charge is 2.33. The number of rotatable bonds is 11. The number of nitrogens with one attached hydrogen (secondary N) is 2. The van der Waals surface area contributed by atoms with E-state index < -0.39 is 6.04 Å². The van der Waals surface area contributed by atoms with Gasteiger partial charge in [-0.1, -0.05) is 61.0 Å². The molecule has 3 aromatic rings. The standard InChI is InChI=1S/C34H43ClN4O3/c1-5-25(26-9-7-6-8-10-26)22-38-17-15-31(37-32(34(38)42)16-18-39(23(2)3)24(4)40)21-36-33(41)29-12-11-28-20-30(35)14-13-27(28)19-29/h6-14,19-20,23,25,31-32,37H,5,15-18,21-22H2,1-4H3,(H,36,41)/t25-,31+,32+/m1/s1. The van der Waals surface area contributed by atoms with E-state index in [2.05, 4.69) is 29.7 Å². The predicted octanol–water partition coefficient (Wildman–Crippen LogP) is 5.62. The van der Waals surface area contributed by atoms with Crippen LogP contribution in [-0.4, -0.2) is 71.8 Å². The molecule has 1 fully saturated rings. The molecule has 0 unspecified atom stereocenters. The fourth-order valence-corrected chi connectivity index (χ4v) is 6.00. The van der Waals surface area contributed by atoms with Crippen molar-refractivity contribution in [2.75, 3.05) is 26.2 Å². The van der Waals surface area contributed by atoms with Crippen LogP contribution in [0.3, 0.4) is 0 Å². The minimum atomic E-state index is -0.450. The highest BCUT2D eigenvalue weighted by Crippen LogP contribution is 2.23. The lowest BCUT2D eigenvalue weighted by Gasteiger charge is -2.31. The van der Waals surface area contributed by atoms with E-state index in [4.69, 9.17) is 11.6 Å². The molecule has 0 aliphatic carbocycles. The van der Waals surface area contributed by atoms with Crippen LogP contribution in [0.2, 0.25) is 5.02 Å². The van der Waals surface area contributed by atoms with Gasteiger partial charge >= 0.3 is 0 Å². The summed E-state index contributed by atoms with van der Waals surface area (Å²) < 4.78 is 0. The van der Waals surface area contributed by atoms with E-state index in [0.717, 1.165) is 17.2 Å². The van der Waals surface area contributed by atoms with Crippen molar-refractivity contribution in [2.45, 2.75) is 71.0 Å². The first-order valence-electron chi connectivity index (χ1n) is 15.0. The minimum Gasteiger partial charge on any atom is -0.350 e. The molecule has 224 valence electrons. The van der Waals surface area contributed by atoms with Gasteiger partial charge in [-0.15, -0.1) is 0 Å². The van der Waals surface area contributed by atoms with Crippen molar-refractivity contribution in [3.8, 4) is 0 Å². The van der Waals surface area contributed by atoms with Gasteiger partial charge in [0.25, 0.3) is 5.91 Å². The molecule has 42 heavy (non-hydrogen) atoms. The highest BCUT2D eigenvalue weighted by molar-refractivity contribution is 6.31. The van der Waals surface area contributed by atoms with Gasteiger partial charge in [0, 0.05) is 61.7 Å². The van der Waals surface area contributed by atoms with Gasteiger partial charge in [-0.25, -0.2) is 0 Å². The average Bonchev–Trinajstić information content (AvgIpc) is 3.12. The van der Waals surface area contributed by atoms with Crippen molar-refractivity contribution in [1.29, 1.82) is 0 Å². The first kappa shape index (κ1) is 31.5. The molecule has 0 radical (unpaired) electrons. The molecule has 1 aliphatic heterocycles. The normalized spacial score (nSPS) is 18.1. The first-order chi connectivity index (χ1) is 20.2. The lowest BCUT2D eigenvalue weighted by atomic mass is 9.95. The molecule has 1 aliphatic rings. The maximum atomic E-state index is 13.9. The predicted molar refractivity (Wildman–Crippen MR) is 170 cm³/mol. The second-order valence-electron chi connectivity index (χ2n) is 11.5. The SMILES string of the molecule is CC[C@H](CN1CC[C@@H](CNC(=O)c2ccc3cc(Cl)ccc3c2)N[C@@H](CCN(C(C)=O)C(C)C)C1=O)c1ccccc1. The van der Waals surface area contributed by atoms with Crippen molar-refractivity contribution in [3.05, 3.63) is 82.9 Å². The summed E-state index contributed by atoms with van der Waals surface area (Å²) in [6, 6.07) is 21.0. The van der Waals surface area contributed by atoms with Gasteiger partial charge in [0.2, 0.25) is 11.8 Å². The van der Waals surface area contributed by atoms with Gasteiger partial charge in [-0.05, 0) is 73.7 Å². The molecule has 0 saturated carbocycles. The molecule has 2 N–H and O–H groups in total. The molecule has 0 spiro atoms. The van der Waals surface area contributed by atoms with Crippen molar-refractivity contribution >= 4 is 40.1 Å². The highest BCUT2D eigenvalue weighted by atomic mass is 35.5. The number of hydrogen-bond donors (Lipinski definition) is 2. The third-order valence-corrected chi connectivity index (χ3v) is 8.49. The van der Waals surface area contributed by atoms with Crippen molar-refractivity contribution in [3.63, 3.8) is 0 Å². The monoisotopic (exact) mass is 590 g/mol. The van der Waals surface area contributed by atoms with Gasteiger partial charge in [0.1, 0.15) is 0 Å². The number of halogens is 1. The van der Waals surface area contributed by atoms with E-state index in [-0.39, 0.29) is 35.7 Å². The summed E-state index contributed by atoms with van der Waals surface area (Å²) in [5.74, 6) is 0.132. The van der Waals surface area contributed by atoms with E-state index in [1.165, 1.54) is 5.56 Å². The first-order valence-corrected chi connectivity index (χ1v) is 15.4. The van der Waals surface area contributed by atoms with E-state index in [0.29, 0.717) is 49.6 Å². The number of carbonyl (C=O) groups excluding carboxylic acids is 3. The number of benzene rings is 3. The molecule has 8 heteroatoms. The summed E-state index contributed by atoms with van der Waals surface area (Å²) in [5, 5.41) is 9.21. The Bertz CT molecular complexity index is 1380. The van der Waals surface area contributed by atoms with Crippen LogP contribution in [0, 0.1) is 0 Å². The zero-order valence-corrected chi connectivity index (χ0v) is 25.9. The molecule has 7 nitrogen and oxygen atoms in total. The fourth-order valence-electron chi connectivity index (χ4n) is 5.82. The lowest BCUT2D eigenvalue weighted by Crippen LogP contribution is -2.51. The zero-order chi connectivity index (χ0) is 30.2. The third-order valence-electron chi connectivity index (χ3n) is 8.26. The fraction of sp³-hybridized carbons (Fsp3) is 0.441. The van der Waals surface area contributed by atoms with Crippen molar-refractivity contribution < 1.29 is 14.4 Å². The molecule has 3 atom stereocenters. The minimum absolute atomic E-state index is 0.000443. The van der Waals surface area contributed by atoms with Gasteiger partial charge in [-0.2, -0.15) is 0 Å². The second kappa shape index (κ2) is 14.7. The molecule has 0 aromatic heterocycles. The van der Waals surface area contributed by atoms with E-state index >= 15 is 0 Å². The van der Waals surface area contributed by atoms with Gasteiger partial charge in [0.15, 0.2) is 0 Å². The Balaban J connectivity index is 1.47. The Kier molecular flexibility index (Phi) is 11.0. The molecule has 3 amide bonds. The lowest BCUT2D eigenvalue weighted by molar-refractivity contribution is -0.135. The number of hydrogen-bond acceptors (Lipinski definition) is 4. The number of nitrogens with zero attached hydrogens (tertiary/aromatic N) is 2. The second-order valence-corrected chi connectivity index (χ2v) is 12.0. The van der Waals surface area contributed by atoms with Crippen LogP contribution in [0.1, 0.15) is 68.8 Å². The molecule has 1 saturated heterocycles. The summed E-state index contributed by atoms with van der Waals surface area (Å²) in [6.45, 7) is 9.82. The maximum absolute atomic E-state index is 13.9. The molecule has 0 bridgehead atoms. The van der Waals surface area contributed by atoms with Crippen LogP contribution >= 0.6 is 11.6 Å². The van der Waals surface area contributed by atoms with E-state index in [9.17, 15) is 14.4 Å². The van der Waals surface area contributed by atoms with Crippen LogP contribution in [0.4, 0.5) is 0 Å². The van der Waals surface area contributed by atoms with Gasteiger partial charge in [-0.3, -0.25) is 14.4 Å². The van der Waals surface area contributed by atoms with Gasteiger partial charge < -0.3 is 20.4 Å². The Morgan fingerprint density at radius 2 is 1.79 bits per heavy atom. The van der Waals surface area contributed by atoms with Crippen molar-refractivity contribution in [2.24, 2.45) is 0 Å². The summed E-state index contributed by atoms with van der Waals surface area (Å²) in [6.07, 6.45) is 2.15. The smallest absolute Gasteiger partial charge is 0.251 e. The largest absolute Gasteiger partial charge is 0.350 e. The maximum Gasteiger partial charge on any atom is 0.251 e. The third kappa shape index (κ3) is 8.11. The van der Waals surface area contributed by atoms with Crippen LogP contribution in [0.25, 0.3) is 10.8 Å². The summed E-state index contributed by atoms with van der Waals surface area (Å²) >= 11 is 6.11. The van der Waals surface area contributed by atoms with Crippen LogP contribution in [-0.2, 0) is 9.59 Å². The molecule has 1 heterocycles. The van der Waals surface area contributed by atoms with E-state index in [1.807, 2.05) is 67.3 Å². The Labute approximate surface area is 254 Å². The van der Waals surface area contributed by atoms with E-state index in [1.54, 1.807) is 17.9 Å². The summed E-state index contributed by atoms with van der Waals surface area (Å²) in [5.41, 5.74) is 1.81. The molecular weight excluding hydrogens is 548 g/mol. The number of carbonyl (C=O) groups is 3. The Morgan fingerprint density at radius 1 is 1.07 bits per heavy atom. The quantitative estimate of drug-likeness (QED) is 0.304. The zero-order valence-electron chi connectivity index (χ0n) is 25.1. The topological polar surface area (TPSA) is 81.8 Å². The number of amides is 3. The average molecular weight is 591 g/mol.